The Morgan fingerprint density at radius 1 is 1.25 bits per heavy atom. The van der Waals surface area contributed by atoms with Gasteiger partial charge in [0.05, 0.1) is 28.4 Å². The van der Waals surface area contributed by atoms with Crippen molar-refractivity contribution in [3.8, 4) is 6.07 Å². The summed E-state index contributed by atoms with van der Waals surface area (Å²) in [6.07, 6.45) is 4.17. The SMILES string of the molecule is N#CC1=C(N)N=C(SCC(=O)Nc2ccccc2)C(C(N)=O)C12CCCCC2. The van der Waals surface area contributed by atoms with Crippen LogP contribution in [0.1, 0.15) is 32.1 Å². The second-order valence-electron chi connectivity index (χ2n) is 7.08. The molecule has 1 unspecified atom stereocenters. The van der Waals surface area contributed by atoms with Gasteiger partial charge in [0, 0.05) is 11.1 Å². The first kappa shape index (κ1) is 20.0. The van der Waals surface area contributed by atoms with Crippen LogP contribution in [0.25, 0.3) is 0 Å². The molecule has 1 aliphatic heterocycles. The van der Waals surface area contributed by atoms with Crippen LogP contribution in [-0.2, 0) is 9.59 Å². The highest BCUT2D eigenvalue weighted by Gasteiger charge is 2.51. The number of primary amides is 1. The summed E-state index contributed by atoms with van der Waals surface area (Å²) in [5, 5.41) is 12.9. The van der Waals surface area contributed by atoms with E-state index in [1.54, 1.807) is 12.1 Å². The van der Waals surface area contributed by atoms with Crippen LogP contribution in [0.15, 0.2) is 46.7 Å². The average Bonchev–Trinajstić information content (AvgIpc) is 2.67. The van der Waals surface area contributed by atoms with Gasteiger partial charge in [-0.05, 0) is 25.0 Å². The number of hydrogen-bond donors (Lipinski definition) is 3. The van der Waals surface area contributed by atoms with Gasteiger partial charge in [0.15, 0.2) is 0 Å². The number of nitrogens with zero attached hydrogens (tertiary/aromatic N) is 2. The van der Waals surface area contributed by atoms with Crippen molar-refractivity contribution in [1.29, 1.82) is 5.26 Å². The van der Waals surface area contributed by atoms with Crippen molar-refractivity contribution in [1.82, 2.24) is 0 Å². The van der Waals surface area contributed by atoms with Crippen molar-refractivity contribution in [3.05, 3.63) is 41.7 Å². The summed E-state index contributed by atoms with van der Waals surface area (Å²) in [5.74, 6) is -1.27. The Bertz CT molecular complexity index is 866. The lowest BCUT2D eigenvalue weighted by atomic mass is 9.61. The second-order valence-corrected chi connectivity index (χ2v) is 8.07. The fourth-order valence-electron chi connectivity index (χ4n) is 4.13. The predicted molar refractivity (Wildman–Crippen MR) is 110 cm³/mol. The van der Waals surface area contributed by atoms with Crippen LogP contribution < -0.4 is 16.8 Å². The third-order valence-electron chi connectivity index (χ3n) is 5.34. The Morgan fingerprint density at radius 2 is 1.93 bits per heavy atom. The van der Waals surface area contributed by atoms with Gasteiger partial charge < -0.3 is 16.8 Å². The van der Waals surface area contributed by atoms with Crippen LogP contribution in [0.2, 0.25) is 0 Å². The molecule has 146 valence electrons. The molecule has 1 spiro atoms. The number of allylic oxidation sites excluding steroid dienone is 1. The minimum absolute atomic E-state index is 0.0722. The third kappa shape index (κ3) is 3.90. The highest BCUT2D eigenvalue weighted by molar-refractivity contribution is 8.14. The molecule has 1 atom stereocenters. The lowest BCUT2D eigenvalue weighted by Crippen LogP contribution is -2.48. The first-order chi connectivity index (χ1) is 13.5. The van der Waals surface area contributed by atoms with Crippen molar-refractivity contribution < 1.29 is 9.59 Å². The summed E-state index contributed by atoms with van der Waals surface area (Å²) < 4.78 is 0. The summed E-state index contributed by atoms with van der Waals surface area (Å²) in [4.78, 5) is 29.0. The molecule has 1 aromatic carbocycles. The van der Waals surface area contributed by atoms with Gasteiger partial charge in [0.1, 0.15) is 5.82 Å². The van der Waals surface area contributed by atoms with Crippen molar-refractivity contribution in [3.63, 3.8) is 0 Å². The van der Waals surface area contributed by atoms with Gasteiger partial charge in [0.25, 0.3) is 0 Å². The molecular weight excluding hydrogens is 374 g/mol. The highest BCUT2D eigenvalue weighted by Crippen LogP contribution is 2.52. The number of benzene rings is 1. The van der Waals surface area contributed by atoms with E-state index in [1.807, 2.05) is 18.2 Å². The largest absolute Gasteiger partial charge is 0.383 e. The van der Waals surface area contributed by atoms with E-state index in [-0.39, 0.29) is 17.5 Å². The Balaban J connectivity index is 1.82. The van der Waals surface area contributed by atoms with Gasteiger partial charge in [0.2, 0.25) is 11.8 Å². The quantitative estimate of drug-likeness (QED) is 0.717. The molecule has 0 bridgehead atoms. The lowest BCUT2D eigenvalue weighted by molar-refractivity contribution is -0.123. The van der Waals surface area contributed by atoms with Gasteiger partial charge >= 0.3 is 0 Å². The van der Waals surface area contributed by atoms with E-state index in [1.165, 1.54) is 0 Å². The molecule has 8 heteroatoms. The molecule has 7 nitrogen and oxygen atoms in total. The fraction of sp³-hybridized carbons (Fsp3) is 0.400. The molecule has 0 aromatic heterocycles. The number of amides is 2. The lowest BCUT2D eigenvalue weighted by Gasteiger charge is -2.44. The van der Waals surface area contributed by atoms with Crippen LogP contribution in [0.3, 0.4) is 0 Å². The van der Waals surface area contributed by atoms with Crippen molar-refractivity contribution in [2.45, 2.75) is 32.1 Å². The Morgan fingerprint density at radius 3 is 2.54 bits per heavy atom. The maximum absolute atomic E-state index is 12.4. The minimum atomic E-state index is -0.732. The number of aliphatic imine (C=N–C) groups is 1. The molecule has 5 N–H and O–H groups in total. The summed E-state index contributed by atoms with van der Waals surface area (Å²) in [5.41, 5.74) is 12.2. The van der Waals surface area contributed by atoms with E-state index in [0.29, 0.717) is 29.1 Å². The summed E-state index contributed by atoms with van der Waals surface area (Å²) in [7, 11) is 0. The molecule has 1 saturated carbocycles. The molecule has 1 fully saturated rings. The van der Waals surface area contributed by atoms with E-state index >= 15 is 0 Å². The number of carbonyl (C=O) groups is 2. The van der Waals surface area contributed by atoms with Gasteiger partial charge in [-0.3, -0.25) is 9.59 Å². The number of carbonyl (C=O) groups excluding carboxylic acids is 2. The molecule has 2 amide bonds. The number of nitriles is 1. The number of thioether (sulfide) groups is 1. The predicted octanol–water partition coefficient (Wildman–Crippen LogP) is 2.52. The molecule has 1 heterocycles. The van der Waals surface area contributed by atoms with Crippen molar-refractivity contribution in [2.75, 3.05) is 11.1 Å². The van der Waals surface area contributed by atoms with Crippen LogP contribution in [0.5, 0.6) is 0 Å². The van der Waals surface area contributed by atoms with Crippen LogP contribution in [0, 0.1) is 22.7 Å². The van der Waals surface area contributed by atoms with Gasteiger partial charge in [-0.1, -0.05) is 49.2 Å². The van der Waals surface area contributed by atoms with E-state index in [9.17, 15) is 14.9 Å². The van der Waals surface area contributed by atoms with Gasteiger partial charge in [-0.25, -0.2) is 4.99 Å². The molecule has 1 aromatic rings. The number of para-hydroxylation sites is 1. The number of nitrogens with one attached hydrogen (secondary N) is 1. The molecular formula is C20H23N5O2S. The number of anilines is 1. The maximum atomic E-state index is 12.4. The monoisotopic (exact) mass is 397 g/mol. The Labute approximate surface area is 168 Å². The Kier molecular flexibility index (Phi) is 6.05. The zero-order valence-corrected chi connectivity index (χ0v) is 16.3. The molecule has 0 saturated heterocycles. The molecule has 28 heavy (non-hydrogen) atoms. The summed E-state index contributed by atoms with van der Waals surface area (Å²) >= 11 is 1.16. The second kappa shape index (κ2) is 8.48. The Hall–Kier alpha value is -2.79. The number of hydrogen-bond acceptors (Lipinski definition) is 6. The molecule has 1 aliphatic carbocycles. The standard InChI is InChI=1S/C20H23N5O2S/c21-11-14-17(22)25-19(16(18(23)27)20(14)9-5-2-6-10-20)28-12-15(26)24-13-7-3-1-4-8-13/h1,3-4,7-8,16H,2,5-6,9-10,12,22H2,(H2,23,27)(H,24,26). The summed E-state index contributed by atoms with van der Waals surface area (Å²) in [6, 6.07) is 11.3. The first-order valence-electron chi connectivity index (χ1n) is 9.24. The third-order valence-corrected chi connectivity index (χ3v) is 6.36. The smallest absolute Gasteiger partial charge is 0.234 e. The van der Waals surface area contributed by atoms with Crippen LogP contribution in [0.4, 0.5) is 5.69 Å². The van der Waals surface area contributed by atoms with Gasteiger partial charge in [-0.2, -0.15) is 5.26 Å². The van der Waals surface area contributed by atoms with Gasteiger partial charge in [-0.15, -0.1) is 0 Å². The van der Waals surface area contributed by atoms with E-state index in [0.717, 1.165) is 31.0 Å². The minimum Gasteiger partial charge on any atom is -0.383 e. The first-order valence-corrected chi connectivity index (χ1v) is 10.2. The summed E-state index contributed by atoms with van der Waals surface area (Å²) in [6.45, 7) is 0. The van der Waals surface area contributed by atoms with E-state index < -0.39 is 17.2 Å². The molecule has 3 rings (SSSR count). The normalized spacial score (nSPS) is 21.0. The average molecular weight is 398 g/mol. The van der Waals surface area contributed by atoms with E-state index in [4.69, 9.17) is 11.5 Å². The number of nitrogens with two attached hydrogens (primary N) is 2. The zero-order chi connectivity index (χ0) is 20.1. The highest BCUT2D eigenvalue weighted by atomic mass is 32.2. The topological polar surface area (TPSA) is 134 Å². The molecule has 2 aliphatic rings. The van der Waals surface area contributed by atoms with Crippen molar-refractivity contribution >= 4 is 34.3 Å². The van der Waals surface area contributed by atoms with Crippen molar-refractivity contribution in [2.24, 2.45) is 27.8 Å². The van der Waals surface area contributed by atoms with E-state index in [2.05, 4.69) is 16.4 Å². The van der Waals surface area contributed by atoms with Crippen LogP contribution in [-0.4, -0.2) is 22.6 Å². The maximum Gasteiger partial charge on any atom is 0.234 e. The molecule has 0 radical (unpaired) electrons. The zero-order valence-electron chi connectivity index (χ0n) is 15.5. The fourth-order valence-corrected chi connectivity index (χ4v) is 5.16. The number of rotatable bonds is 4. The van der Waals surface area contributed by atoms with Crippen LogP contribution >= 0.6 is 11.8 Å².